The molecule has 92 valence electrons. The molecule has 1 rings (SSSR count). The fourth-order valence-corrected chi connectivity index (χ4v) is 1.74. The average Bonchev–Trinajstić information content (AvgIpc) is 2.31. The summed E-state index contributed by atoms with van der Waals surface area (Å²) in [5.74, 6) is -3.03. The number of carbonyl (C=O) groups excluding carboxylic acids is 2. The molecule has 0 atom stereocenters. The van der Waals surface area contributed by atoms with Gasteiger partial charge in [0.15, 0.2) is 0 Å². The Hall–Kier alpha value is -1.43. The van der Waals surface area contributed by atoms with Crippen LogP contribution in [0.25, 0.3) is 0 Å². The standard InChI is InChI=1S/C11H10BrFO4/c1-3-17-11(15)9(14)8-7(13)5-4-6(12)10(8)16-2/h4-5H,3H2,1-2H3. The van der Waals surface area contributed by atoms with Gasteiger partial charge >= 0.3 is 5.97 Å². The summed E-state index contributed by atoms with van der Waals surface area (Å²) in [7, 11) is 1.28. The average molecular weight is 305 g/mol. The van der Waals surface area contributed by atoms with E-state index in [1.807, 2.05) is 0 Å². The lowest BCUT2D eigenvalue weighted by atomic mass is 10.1. The third-order valence-corrected chi connectivity index (χ3v) is 2.58. The van der Waals surface area contributed by atoms with E-state index in [4.69, 9.17) is 4.74 Å². The van der Waals surface area contributed by atoms with Gasteiger partial charge in [-0.25, -0.2) is 9.18 Å². The molecule has 4 nitrogen and oxygen atoms in total. The molecule has 0 saturated heterocycles. The van der Waals surface area contributed by atoms with Crippen LogP contribution in [0.5, 0.6) is 5.75 Å². The zero-order chi connectivity index (χ0) is 13.0. The Balaban J connectivity index is 3.25. The molecular weight excluding hydrogens is 295 g/mol. The predicted molar refractivity (Wildman–Crippen MR) is 61.6 cm³/mol. The molecule has 0 aliphatic rings. The molecule has 0 bridgehead atoms. The van der Waals surface area contributed by atoms with Crippen LogP contribution in [0.2, 0.25) is 0 Å². The van der Waals surface area contributed by atoms with Crippen molar-refractivity contribution in [2.45, 2.75) is 6.92 Å². The fourth-order valence-electron chi connectivity index (χ4n) is 1.24. The third kappa shape index (κ3) is 2.82. The van der Waals surface area contributed by atoms with Crippen LogP contribution in [0.4, 0.5) is 4.39 Å². The van der Waals surface area contributed by atoms with E-state index in [0.717, 1.165) is 6.07 Å². The normalized spacial score (nSPS) is 9.88. The number of hydrogen-bond acceptors (Lipinski definition) is 4. The first-order valence-corrected chi connectivity index (χ1v) is 5.55. The van der Waals surface area contributed by atoms with Gasteiger partial charge in [0.25, 0.3) is 5.78 Å². The van der Waals surface area contributed by atoms with E-state index >= 15 is 0 Å². The Morgan fingerprint density at radius 1 is 1.41 bits per heavy atom. The summed E-state index contributed by atoms with van der Waals surface area (Å²) in [6.45, 7) is 1.60. The molecule has 6 heteroatoms. The smallest absolute Gasteiger partial charge is 0.379 e. The zero-order valence-corrected chi connectivity index (χ0v) is 10.8. The van der Waals surface area contributed by atoms with Crippen molar-refractivity contribution in [2.24, 2.45) is 0 Å². The van der Waals surface area contributed by atoms with Crippen molar-refractivity contribution in [2.75, 3.05) is 13.7 Å². The number of benzene rings is 1. The van der Waals surface area contributed by atoms with Gasteiger partial charge in [0.1, 0.15) is 17.1 Å². The molecule has 0 fully saturated rings. The van der Waals surface area contributed by atoms with Gasteiger partial charge < -0.3 is 9.47 Å². The molecule has 0 aliphatic carbocycles. The summed E-state index contributed by atoms with van der Waals surface area (Å²) in [5, 5.41) is 0. The van der Waals surface area contributed by atoms with Crippen molar-refractivity contribution in [3.63, 3.8) is 0 Å². The number of rotatable bonds is 4. The predicted octanol–water partition coefficient (Wildman–Crippen LogP) is 2.34. The maximum absolute atomic E-state index is 13.5. The molecule has 1 aromatic carbocycles. The second kappa shape index (κ2) is 5.77. The van der Waals surface area contributed by atoms with Crippen LogP contribution >= 0.6 is 15.9 Å². The zero-order valence-electron chi connectivity index (χ0n) is 9.25. The van der Waals surface area contributed by atoms with Crippen LogP contribution in [0.1, 0.15) is 17.3 Å². The highest BCUT2D eigenvalue weighted by molar-refractivity contribution is 9.10. The second-order valence-corrected chi connectivity index (χ2v) is 3.84. The van der Waals surface area contributed by atoms with Crippen LogP contribution in [0, 0.1) is 5.82 Å². The molecular formula is C11H10BrFO4. The highest BCUT2D eigenvalue weighted by Gasteiger charge is 2.26. The van der Waals surface area contributed by atoms with Gasteiger partial charge in [-0.05, 0) is 35.0 Å². The monoisotopic (exact) mass is 304 g/mol. The lowest BCUT2D eigenvalue weighted by Gasteiger charge is -2.09. The molecule has 0 aromatic heterocycles. The lowest BCUT2D eigenvalue weighted by Crippen LogP contribution is -2.19. The van der Waals surface area contributed by atoms with E-state index in [1.54, 1.807) is 6.92 Å². The fraction of sp³-hybridized carbons (Fsp3) is 0.273. The first-order valence-electron chi connectivity index (χ1n) is 4.76. The third-order valence-electron chi connectivity index (χ3n) is 1.95. The summed E-state index contributed by atoms with van der Waals surface area (Å²) < 4.78 is 23.3. The van der Waals surface area contributed by atoms with E-state index in [9.17, 15) is 14.0 Å². The molecule has 17 heavy (non-hydrogen) atoms. The summed E-state index contributed by atoms with van der Waals surface area (Å²) in [6, 6.07) is 2.45. The molecule has 1 aromatic rings. The quantitative estimate of drug-likeness (QED) is 0.487. The molecule has 0 heterocycles. The summed E-state index contributed by atoms with van der Waals surface area (Å²) in [5.41, 5.74) is -0.430. The van der Waals surface area contributed by atoms with Crippen LogP contribution in [-0.4, -0.2) is 25.5 Å². The van der Waals surface area contributed by atoms with Gasteiger partial charge in [-0.15, -0.1) is 0 Å². The van der Waals surface area contributed by atoms with E-state index in [0.29, 0.717) is 4.47 Å². The Morgan fingerprint density at radius 3 is 2.59 bits per heavy atom. The minimum Gasteiger partial charge on any atom is -0.495 e. The van der Waals surface area contributed by atoms with E-state index in [-0.39, 0.29) is 12.4 Å². The Kier molecular flexibility index (Phi) is 4.62. The largest absolute Gasteiger partial charge is 0.495 e. The van der Waals surface area contributed by atoms with E-state index in [1.165, 1.54) is 13.2 Å². The molecule has 0 aliphatic heterocycles. The van der Waals surface area contributed by atoms with Crippen LogP contribution in [0.3, 0.4) is 0 Å². The minimum absolute atomic E-state index is 0.0250. The molecule has 0 saturated carbocycles. The van der Waals surface area contributed by atoms with Gasteiger partial charge in [-0.1, -0.05) is 0 Å². The molecule has 0 unspecified atom stereocenters. The van der Waals surface area contributed by atoms with E-state index < -0.39 is 23.1 Å². The molecule has 0 spiro atoms. The number of esters is 1. The van der Waals surface area contributed by atoms with Crippen LogP contribution in [0.15, 0.2) is 16.6 Å². The van der Waals surface area contributed by atoms with Gasteiger partial charge in [0.05, 0.1) is 18.2 Å². The van der Waals surface area contributed by atoms with Gasteiger partial charge in [0.2, 0.25) is 0 Å². The molecule has 0 radical (unpaired) electrons. The highest BCUT2D eigenvalue weighted by atomic mass is 79.9. The number of hydrogen-bond donors (Lipinski definition) is 0. The molecule has 0 amide bonds. The first kappa shape index (κ1) is 13.6. The Labute approximate surface area is 106 Å². The van der Waals surface area contributed by atoms with Gasteiger partial charge in [0, 0.05) is 0 Å². The topological polar surface area (TPSA) is 52.6 Å². The van der Waals surface area contributed by atoms with Crippen molar-refractivity contribution in [3.05, 3.63) is 28.0 Å². The number of ketones is 1. The summed E-state index contributed by atoms with van der Waals surface area (Å²) in [6.07, 6.45) is 0. The second-order valence-electron chi connectivity index (χ2n) is 2.99. The SMILES string of the molecule is CCOC(=O)C(=O)c1c(F)ccc(Br)c1OC. The number of halogens is 2. The van der Waals surface area contributed by atoms with Crippen LogP contribution in [-0.2, 0) is 9.53 Å². The van der Waals surface area contributed by atoms with Crippen molar-refractivity contribution in [1.82, 2.24) is 0 Å². The van der Waals surface area contributed by atoms with Crippen molar-refractivity contribution in [3.8, 4) is 5.75 Å². The van der Waals surface area contributed by atoms with Gasteiger partial charge in [-0.3, -0.25) is 4.79 Å². The number of carbonyl (C=O) groups is 2. The maximum Gasteiger partial charge on any atom is 0.379 e. The summed E-state index contributed by atoms with van der Waals surface area (Å²) >= 11 is 3.10. The number of methoxy groups -OCH3 is 1. The Bertz CT molecular complexity index is 459. The van der Waals surface area contributed by atoms with Crippen molar-refractivity contribution < 1.29 is 23.5 Å². The number of ether oxygens (including phenoxy) is 2. The molecule has 0 N–H and O–H groups in total. The van der Waals surface area contributed by atoms with E-state index in [2.05, 4.69) is 20.7 Å². The van der Waals surface area contributed by atoms with Crippen molar-refractivity contribution >= 4 is 27.7 Å². The summed E-state index contributed by atoms with van der Waals surface area (Å²) in [4.78, 5) is 22.9. The maximum atomic E-state index is 13.5. The first-order chi connectivity index (χ1) is 8.02. The van der Waals surface area contributed by atoms with Crippen LogP contribution < -0.4 is 4.74 Å². The lowest BCUT2D eigenvalue weighted by molar-refractivity contribution is -0.137. The van der Waals surface area contributed by atoms with Gasteiger partial charge in [-0.2, -0.15) is 0 Å². The minimum atomic E-state index is -1.11. The Morgan fingerprint density at radius 2 is 2.06 bits per heavy atom. The highest BCUT2D eigenvalue weighted by Crippen LogP contribution is 2.31. The van der Waals surface area contributed by atoms with Crippen molar-refractivity contribution in [1.29, 1.82) is 0 Å². The number of Topliss-reactive ketones (excluding diaryl/α,β-unsaturated/α-hetero) is 1.